The summed E-state index contributed by atoms with van der Waals surface area (Å²) >= 11 is 0. The van der Waals surface area contributed by atoms with Crippen molar-refractivity contribution in [2.45, 2.75) is 96.2 Å². The zero-order valence-corrected chi connectivity index (χ0v) is 24.7. The van der Waals surface area contributed by atoms with E-state index < -0.39 is 5.79 Å². The fourth-order valence-corrected chi connectivity index (χ4v) is 11.1. The number of hydrogen-bond donors (Lipinski definition) is 1. The quantitative estimate of drug-likeness (QED) is 0.576. The Bertz CT molecular complexity index is 1090. The van der Waals surface area contributed by atoms with Crippen molar-refractivity contribution in [2.75, 3.05) is 32.9 Å². The number of rotatable bonds is 4. The highest BCUT2D eigenvalue weighted by molar-refractivity contribution is 5.84. The summed E-state index contributed by atoms with van der Waals surface area (Å²) in [7, 11) is 0. The van der Waals surface area contributed by atoms with Crippen LogP contribution in [0.1, 0.15) is 71.3 Å². The van der Waals surface area contributed by atoms with Gasteiger partial charge in [0, 0.05) is 37.4 Å². The first-order valence-electron chi connectivity index (χ1n) is 16.1. The Kier molecular flexibility index (Phi) is 6.99. The number of aliphatic hydroxyl groups excluding tert-OH is 1. The Labute approximate surface area is 240 Å². The summed E-state index contributed by atoms with van der Waals surface area (Å²) in [6.07, 6.45) is 7.62. The van der Waals surface area contributed by atoms with Gasteiger partial charge in [-0.2, -0.15) is 0 Å². The van der Waals surface area contributed by atoms with Crippen LogP contribution in [0.4, 0.5) is 0 Å². The van der Waals surface area contributed by atoms with Gasteiger partial charge in [-0.3, -0.25) is 9.69 Å². The largest absolute Gasteiger partial charge is 0.391 e. The average molecular weight is 552 g/mol. The van der Waals surface area contributed by atoms with Gasteiger partial charge < -0.3 is 19.3 Å². The second-order valence-corrected chi connectivity index (χ2v) is 14.8. The Morgan fingerprint density at radius 3 is 2.52 bits per heavy atom. The van der Waals surface area contributed by atoms with Crippen molar-refractivity contribution >= 4 is 5.78 Å². The summed E-state index contributed by atoms with van der Waals surface area (Å²) in [6, 6.07) is 10.7. The molecule has 1 aromatic rings. The summed E-state index contributed by atoms with van der Waals surface area (Å²) in [5.74, 6) is 1.72. The predicted molar refractivity (Wildman–Crippen MR) is 153 cm³/mol. The number of carbonyl (C=O) groups excluding carboxylic acids is 1. The van der Waals surface area contributed by atoms with Gasteiger partial charge in [0.2, 0.25) is 0 Å². The standard InChI is InChI=1S/C34H49NO5/c1-32-19-27(35-13-14-38-24(21-35)17-22-7-5-4-6-8-22)28(36)18-23(32)9-10-25-26-11-12-30(34(3)39-15-16-40-34)33(26,2)20-29(37)31(25)32/h4-8,23-28,30-31,36H,9-21H2,1-3H3/t23-,24-,25-,26-,27-,28-,30-,31+,32-,33-/m0/s1. The second kappa shape index (κ2) is 10.2. The normalized spacial score (nSPS) is 47.0. The molecule has 7 rings (SSSR count). The molecule has 10 atom stereocenters. The number of ketones is 1. The maximum atomic E-state index is 14.3. The summed E-state index contributed by atoms with van der Waals surface area (Å²) in [4.78, 5) is 16.8. The van der Waals surface area contributed by atoms with Crippen LogP contribution in [0.3, 0.4) is 0 Å². The van der Waals surface area contributed by atoms with Crippen molar-refractivity contribution in [2.24, 2.45) is 40.4 Å². The van der Waals surface area contributed by atoms with Crippen LogP contribution in [0.2, 0.25) is 0 Å². The average Bonchev–Trinajstić information content (AvgIpc) is 3.52. The number of carbonyl (C=O) groups is 1. The number of hydrogen-bond acceptors (Lipinski definition) is 6. The third kappa shape index (κ3) is 4.35. The highest BCUT2D eigenvalue weighted by Gasteiger charge is 2.67. The lowest BCUT2D eigenvalue weighted by Gasteiger charge is -2.62. The van der Waals surface area contributed by atoms with Crippen LogP contribution in [0.25, 0.3) is 0 Å². The van der Waals surface area contributed by atoms with Gasteiger partial charge >= 0.3 is 0 Å². The minimum atomic E-state index is -0.551. The molecule has 1 N–H and O–H groups in total. The van der Waals surface area contributed by atoms with Crippen LogP contribution in [0, 0.1) is 40.4 Å². The van der Waals surface area contributed by atoms with E-state index in [1.54, 1.807) is 0 Å². The number of aliphatic hydroxyl groups is 1. The minimum absolute atomic E-state index is 0.0526. The van der Waals surface area contributed by atoms with E-state index in [1.807, 2.05) is 0 Å². The van der Waals surface area contributed by atoms with E-state index in [2.05, 4.69) is 56.0 Å². The van der Waals surface area contributed by atoms with Gasteiger partial charge in [-0.15, -0.1) is 0 Å². The van der Waals surface area contributed by atoms with E-state index in [-0.39, 0.29) is 40.9 Å². The molecule has 2 aliphatic heterocycles. The molecule has 0 bridgehead atoms. The maximum Gasteiger partial charge on any atom is 0.169 e. The van der Waals surface area contributed by atoms with Crippen molar-refractivity contribution in [3.63, 3.8) is 0 Å². The van der Waals surface area contributed by atoms with E-state index in [1.165, 1.54) is 12.0 Å². The second-order valence-electron chi connectivity index (χ2n) is 14.8. The van der Waals surface area contributed by atoms with Gasteiger partial charge in [0.25, 0.3) is 0 Å². The smallest absolute Gasteiger partial charge is 0.169 e. The molecular weight excluding hydrogens is 502 g/mol. The summed E-state index contributed by atoms with van der Waals surface area (Å²) in [6.45, 7) is 10.6. The van der Waals surface area contributed by atoms with Gasteiger partial charge in [0.1, 0.15) is 5.78 Å². The van der Waals surface area contributed by atoms with Gasteiger partial charge in [0.15, 0.2) is 5.79 Å². The molecule has 220 valence electrons. The third-order valence-electron chi connectivity index (χ3n) is 12.8. The maximum absolute atomic E-state index is 14.3. The highest BCUT2D eigenvalue weighted by atomic mass is 16.7. The molecule has 6 fully saturated rings. The molecule has 6 nitrogen and oxygen atoms in total. The van der Waals surface area contributed by atoms with Crippen molar-refractivity contribution in [3.05, 3.63) is 35.9 Å². The number of Topliss-reactive ketones (excluding diaryl/α,β-unsaturated/α-hetero) is 1. The zero-order valence-electron chi connectivity index (χ0n) is 24.7. The molecular formula is C34H49NO5. The van der Waals surface area contributed by atoms with Crippen LogP contribution < -0.4 is 0 Å². The number of nitrogens with zero attached hydrogens (tertiary/aromatic N) is 1. The first-order chi connectivity index (χ1) is 19.2. The molecule has 0 unspecified atom stereocenters. The summed E-state index contributed by atoms with van der Waals surface area (Å²) in [5, 5.41) is 11.5. The predicted octanol–water partition coefficient (Wildman–Crippen LogP) is 4.87. The van der Waals surface area contributed by atoms with Crippen LogP contribution in [0.5, 0.6) is 0 Å². The van der Waals surface area contributed by atoms with E-state index in [0.717, 1.165) is 51.6 Å². The van der Waals surface area contributed by atoms with Gasteiger partial charge in [-0.05, 0) is 86.0 Å². The summed E-state index contributed by atoms with van der Waals surface area (Å²) in [5.41, 5.74) is 1.19. The minimum Gasteiger partial charge on any atom is -0.391 e. The van der Waals surface area contributed by atoms with Gasteiger partial charge in [-0.1, -0.05) is 44.2 Å². The molecule has 0 spiro atoms. The molecule has 0 radical (unpaired) electrons. The fourth-order valence-electron chi connectivity index (χ4n) is 11.1. The SMILES string of the molecule is CC1([C@H]2CC[C@H]3[C@@H]4CC[C@H]5C[C@H](O)[C@@H](N6CCO[C@@H](Cc7ccccc7)C6)C[C@]5(C)[C@H]4C(=O)C[C@]23C)OCCO1. The first kappa shape index (κ1) is 27.5. The van der Waals surface area contributed by atoms with Crippen molar-refractivity contribution in [1.82, 2.24) is 4.90 Å². The lowest BCUT2D eigenvalue weighted by Crippen LogP contribution is -2.63. The molecule has 0 aromatic heterocycles. The molecule has 0 amide bonds. The Morgan fingerprint density at radius 1 is 0.975 bits per heavy atom. The third-order valence-corrected chi connectivity index (χ3v) is 12.8. The molecule has 40 heavy (non-hydrogen) atoms. The van der Waals surface area contributed by atoms with Crippen LogP contribution in [-0.2, 0) is 25.4 Å². The molecule has 1 aromatic carbocycles. The molecule has 6 aliphatic rings. The van der Waals surface area contributed by atoms with Crippen LogP contribution in [0.15, 0.2) is 30.3 Å². The van der Waals surface area contributed by atoms with E-state index in [9.17, 15) is 9.90 Å². The number of morpholine rings is 1. The molecule has 2 saturated heterocycles. The number of benzene rings is 1. The Morgan fingerprint density at radius 2 is 1.75 bits per heavy atom. The lowest BCUT2D eigenvalue weighted by atomic mass is 9.43. The van der Waals surface area contributed by atoms with Crippen LogP contribution in [-0.4, -0.2) is 72.7 Å². The van der Waals surface area contributed by atoms with Gasteiger partial charge in [-0.25, -0.2) is 0 Å². The number of fused-ring (bicyclic) bond motifs is 5. The van der Waals surface area contributed by atoms with Gasteiger partial charge in [0.05, 0.1) is 32.0 Å². The topological polar surface area (TPSA) is 68.2 Å². The molecule has 2 heterocycles. The van der Waals surface area contributed by atoms with Crippen LogP contribution >= 0.6 is 0 Å². The van der Waals surface area contributed by atoms with E-state index in [0.29, 0.717) is 49.8 Å². The Hall–Kier alpha value is -1.31. The molecule has 4 saturated carbocycles. The van der Waals surface area contributed by atoms with Crippen molar-refractivity contribution < 1.29 is 24.1 Å². The number of ether oxygens (including phenoxy) is 3. The Balaban J connectivity index is 1.11. The molecule has 6 heteroatoms. The monoisotopic (exact) mass is 551 g/mol. The van der Waals surface area contributed by atoms with Crippen molar-refractivity contribution in [3.8, 4) is 0 Å². The lowest BCUT2D eigenvalue weighted by molar-refractivity contribution is -0.218. The highest BCUT2D eigenvalue weighted by Crippen LogP contribution is 2.68. The summed E-state index contributed by atoms with van der Waals surface area (Å²) < 4.78 is 18.5. The molecule has 4 aliphatic carbocycles. The van der Waals surface area contributed by atoms with Crippen molar-refractivity contribution in [1.29, 1.82) is 0 Å². The van der Waals surface area contributed by atoms with E-state index >= 15 is 0 Å². The van der Waals surface area contributed by atoms with E-state index in [4.69, 9.17) is 14.2 Å². The first-order valence-corrected chi connectivity index (χ1v) is 16.1. The fraction of sp³-hybridized carbons (Fsp3) is 0.794. The zero-order chi connectivity index (χ0) is 27.7.